The molecular weight excluding hydrogens is 704 g/mol. The standard InChI is InChI=1S/C30H25N3O14S.2Na/c1-12(34)45-8-14-11-48-29-21(28(42)33(29)22(14)30(43)44)32-27(41)20(13-2-4-15(5-3-13)46-10-19(36)37)31-26(40)17-9-47-25-16(23(17)38)6-7-18(35)24(25)39;;/h2-7,9,20-21,29,35,39H,8,10-11H2,1H3,(H,31,40)(H,32,41)(H,36,37)(H,43,44);;/q;2*+1/p-2/t20?,21-,29+;;/m1../s1. The van der Waals surface area contributed by atoms with Gasteiger partial charge in [0.2, 0.25) is 17.1 Å². The van der Waals surface area contributed by atoms with Crippen molar-refractivity contribution in [3.63, 3.8) is 0 Å². The van der Waals surface area contributed by atoms with Crippen molar-refractivity contribution >= 4 is 58.4 Å². The summed E-state index contributed by atoms with van der Waals surface area (Å²) in [6.45, 7) is -0.0281. The fourth-order valence-electron chi connectivity index (χ4n) is 4.95. The molecule has 2 aromatic carbocycles. The number of carboxylic acids is 2. The summed E-state index contributed by atoms with van der Waals surface area (Å²) in [5.41, 5.74) is -2.17. The minimum absolute atomic E-state index is 0. The van der Waals surface area contributed by atoms with Crippen LogP contribution in [0.2, 0.25) is 0 Å². The molecule has 4 N–H and O–H groups in total. The number of hydrogen-bond donors (Lipinski definition) is 4. The van der Waals surface area contributed by atoms with Crippen LogP contribution in [0.1, 0.15) is 28.9 Å². The Morgan fingerprint density at radius 2 is 1.74 bits per heavy atom. The number of phenols is 2. The third-order valence-corrected chi connectivity index (χ3v) is 8.57. The van der Waals surface area contributed by atoms with Crippen molar-refractivity contribution in [1.29, 1.82) is 0 Å². The Kier molecular flexibility index (Phi) is 13.6. The molecule has 2 aliphatic heterocycles. The summed E-state index contributed by atoms with van der Waals surface area (Å²) in [7, 11) is 0. The van der Waals surface area contributed by atoms with E-state index in [0.29, 0.717) is 0 Å². The Hall–Kier alpha value is -4.04. The zero-order chi connectivity index (χ0) is 34.9. The summed E-state index contributed by atoms with van der Waals surface area (Å²) in [6, 6.07) is 4.46. The van der Waals surface area contributed by atoms with E-state index < -0.39 is 93.5 Å². The molecule has 20 heteroatoms. The third-order valence-electron chi connectivity index (χ3n) is 7.23. The van der Waals surface area contributed by atoms with Crippen molar-refractivity contribution in [3.8, 4) is 17.2 Å². The quantitative estimate of drug-likeness (QED) is 0.0619. The molecule has 1 aromatic heterocycles. The molecule has 1 fully saturated rings. The first kappa shape index (κ1) is 40.4. The topological polar surface area (TPSA) is 265 Å². The van der Waals surface area contributed by atoms with Crippen LogP contribution >= 0.6 is 11.8 Å². The summed E-state index contributed by atoms with van der Waals surface area (Å²) in [6.07, 6.45) is 0.720. The Morgan fingerprint density at radius 3 is 2.36 bits per heavy atom. The average Bonchev–Trinajstić information content (AvgIpc) is 3.05. The number of nitrogens with one attached hydrogen (secondary N) is 2. The number of esters is 1. The fraction of sp³-hybridized carbons (Fsp3) is 0.233. The predicted molar refractivity (Wildman–Crippen MR) is 157 cm³/mol. The minimum Gasteiger partial charge on any atom is -0.546 e. The predicted octanol–water partition coefficient (Wildman–Crippen LogP) is -8.22. The molecule has 3 atom stereocenters. The molecule has 3 aromatic rings. The smallest absolute Gasteiger partial charge is 0.546 e. The van der Waals surface area contributed by atoms with Gasteiger partial charge in [0, 0.05) is 18.2 Å². The van der Waals surface area contributed by atoms with Gasteiger partial charge in [-0.3, -0.25) is 28.9 Å². The number of ether oxygens (including phenoxy) is 2. The number of thioether (sulfide) groups is 1. The van der Waals surface area contributed by atoms with Gasteiger partial charge in [-0.25, -0.2) is 0 Å². The summed E-state index contributed by atoms with van der Waals surface area (Å²) in [4.78, 5) is 88.1. The number of phenolic OH excluding ortho intramolecular Hbond substituents is 2. The number of rotatable bonds is 11. The second-order valence-electron chi connectivity index (χ2n) is 10.3. The van der Waals surface area contributed by atoms with Crippen molar-refractivity contribution < 1.29 is 122 Å². The van der Waals surface area contributed by atoms with E-state index in [1.807, 2.05) is 0 Å². The maximum Gasteiger partial charge on any atom is 1.00 e. The van der Waals surface area contributed by atoms with Gasteiger partial charge < -0.3 is 54.5 Å². The van der Waals surface area contributed by atoms with E-state index in [0.717, 1.165) is 42.0 Å². The molecule has 1 saturated heterocycles. The number of carboxylic acid groups (broad SMARTS) is 2. The minimum atomic E-state index is -1.69. The van der Waals surface area contributed by atoms with Gasteiger partial charge in [-0.2, -0.15) is 0 Å². The molecule has 0 bridgehead atoms. The molecule has 5 rings (SSSR count). The fourth-order valence-corrected chi connectivity index (χ4v) is 6.28. The zero-order valence-electron chi connectivity index (χ0n) is 26.5. The molecule has 0 spiro atoms. The molecule has 3 heterocycles. The van der Waals surface area contributed by atoms with Crippen LogP contribution in [0.4, 0.5) is 0 Å². The molecule has 0 saturated carbocycles. The molecular formula is C30H23N3Na2O14S. The van der Waals surface area contributed by atoms with Crippen LogP contribution < -0.4 is 90.1 Å². The number of amides is 3. The van der Waals surface area contributed by atoms with E-state index in [9.17, 15) is 54.0 Å². The van der Waals surface area contributed by atoms with Crippen molar-refractivity contribution in [2.24, 2.45) is 0 Å². The van der Waals surface area contributed by atoms with Crippen molar-refractivity contribution in [2.75, 3.05) is 19.0 Å². The maximum absolute atomic E-state index is 13.7. The van der Waals surface area contributed by atoms with Crippen LogP contribution in [0.15, 0.2) is 63.1 Å². The summed E-state index contributed by atoms with van der Waals surface area (Å²) >= 11 is 1.08. The van der Waals surface area contributed by atoms with Gasteiger partial charge in [-0.1, -0.05) is 12.1 Å². The van der Waals surface area contributed by atoms with Gasteiger partial charge in [0.1, 0.15) is 48.2 Å². The molecule has 17 nitrogen and oxygen atoms in total. The van der Waals surface area contributed by atoms with E-state index in [1.54, 1.807) is 0 Å². The number of β-lactam (4-membered cyclic amide) rings is 1. The normalized spacial score (nSPS) is 16.8. The summed E-state index contributed by atoms with van der Waals surface area (Å²) in [5.74, 6) is -7.95. The van der Waals surface area contributed by atoms with Gasteiger partial charge >= 0.3 is 65.1 Å². The van der Waals surface area contributed by atoms with Crippen LogP contribution in [-0.4, -0.2) is 81.1 Å². The van der Waals surface area contributed by atoms with Gasteiger partial charge in [0.25, 0.3) is 11.8 Å². The van der Waals surface area contributed by atoms with E-state index in [4.69, 9.17) is 13.9 Å². The third kappa shape index (κ3) is 8.28. The molecule has 250 valence electrons. The van der Waals surface area contributed by atoms with Crippen LogP contribution in [0, 0.1) is 0 Å². The van der Waals surface area contributed by atoms with Gasteiger partial charge in [0.15, 0.2) is 11.3 Å². The van der Waals surface area contributed by atoms with E-state index in [-0.39, 0.29) is 93.7 Å². The second kappa shape index (κ2) is 16.8. The Morgan fingerprint density at radius 1 is 1.06 bits per heavy atom. The Bertz CT molecular complexity index is 1970. The number of nitrogens with zero attached hydrogens (tertiary/aromatic N) is 1. The number of benzene rings is 2. The number of carbonyl (C=O) groups is 6. The van der Waals surface area contributed by atoms with Crippen molar-refractivity contribution in [2.45, 2.75) is 24.4 Å². The van der Waals surface area contributed by atoms with Crippen LogP contribution in [0.5, 0.6) is 17.2 Å². The van der Waals surface area contributed by atoms with Crippen LogP contribution in [0.3, 0.4) is 0 Å². The van der Waals surface area contributed by atoms with Gasteiger partial charge in [-0.05, 0) is 29.8 Å². The largest absolute Gasteiger partial charge is 1.00 e. The van der Waals surface area contributed by atoms with Crippen molar-refractivity contribution in [3.05, 3.63) is 75.3 Å². The van der Waals surface area contributed by atoms with Gasteiger partial charge in [0.05, 0.1) is 23.0 Å². The maximum atomic E-state index is 13.7. The SMILES string of the molecule is CC(=O)OCC1=C(C(=O)[O-])N2C(=O)[C@@H](NC(=O)C(NC(=O)c3coc4c(O)c(O)ccc4c3=O)c3ccc(OCC(=O)[O-])cc3)[C@@H]2SC1.[Na+].[Na+]. The van der Waals surface area contributed by atoms with E-state index in [1.165, 1.54) is 24.3 Å². The van der Waals surface area contributed by atoms with E-state index in [2.05, 4.69) is 10.6 Å². The zero-order valence-corrected chi connectivity index (χ0v) is 31.4. The first-order valence-corrected chi connectivity index (χ1v) is 14.8. The first-order valence-electron chi connectivity index (χ1n) is 13.8. The van der Waals surface area contributed by atoms with Crippen LogP contribution in [-0.2, 0) is 28.7 Å². The molecule has 3 amide bonds. The molecule has 1 unspecified atom stereocenters. The van der Waals surface area contributed by atoms with E-state index >= 15 is 0 Å². The number of hydrogen-bond acceptors (Lipinski definition) is 15. The Balaban J connectivity index is 0.00000338. The number of carbonyl (C=O) groups excluding carboxylic acids is 6. The summed E-state index contributed by atoms with van der Waals surface area (Å²) < 4.78 is 15.1. The average molecular weight is 728 g/mol. The summed E-state index contributed by atoms with van der Waals surface area (Å²) in [5, 5.41) is 46.1. The van der Waals surface area contributed by atoms with Crippen molar-refractivity contribution in [1.82, 2.24) is 15.5 Å². The molecule has 50 heavy (non-hydrogen) atoms. The molecule has 0 aliphatic carbocycles. The van der Waals surface area contributed by atoms with Crippen LogP contribution in [0.25, 0.3) is 11.0 Å². The number of fused-ring (bicyclic) bond motifs is 2. The number of aromatic hydroxyl groups is 2. The Labute approximate surface area is 329 Å². The number of aliphatic carboxylic acids is 2. The monoisotopic (exact) mass is 727 g/mol. The molecule has 0 radical (unpaired) electrons. The van der Waals surface area contributed by atoms with Gasteiger partial charge in [-0.15, -0.1) is 11.8 Å². The second-order valence-corrected chi connectivity index (χ2v) is 11.4. The first-order chi connectivity index (χ1) is 22.8. The molecule has 2 aliphatic rings.